The summed E-state index contributed by atoms with van der Waals surface area (Å²) in [7, 11) is 0. The molecule has 0 unspecified atom stereocenters. The predicted octanol–water partition coefficient (Wildman–Crippen LogP) is 3.49. The first-order chi connectivity index (χ1) is 9.47. The van der Waals surface area contributed by atoms with Crippen LogP contribution >= 0.6 is 15.9 Å². The van der Waals surface area contributed by atoms with E-state index in [1.54, 1.807) is 18.3 Å². The van der Waals surface area contributed by atoms with Gasteiger partial charge in [-0.3, -0.25) is 19.9 Å². The number of hydrogen-bond donors (Lipinski definition) is 0. The van der Waals surface area contributed by atoms with Gasteiger partial charge in [0.2, 0.25) is 0 Å². The topological polar surface area (TPSA) is 73.1 Å². The first-order valence-corrected chi connectivity index (χ1v) is 6.65. The molecule has 1 aromatic carbocycles. The van der Waals surface area contributed by atoms with Crippen LogP contribution in [0.25, 0.3) is 0 Å². The van der Waals surface area contributed by atoms with Crippen molar-refractivity contribution in [1.82, 2.24) is 4.98 Å². The number of rotatable bonds is 4. The Hall–Kier alpha value is -2.08. The molecule has 0 saturated carbocycles. The van der Waals surface area contributed by atoms with E-state index in [4.69, 9.17) is 0 Å². The van der Waals surface area contributed by atoms with Gasteiger partial charge in [-0.2, -0.15) is 0 Å². The van der Waals surface area contributed by atoms with Gasteiger partial charge in [-0.25, -0.2) is 0 Å². The number of nitro groups is 1. The van der Waals surface area contributed by atoms with Crippen molar-refractivity contribution in [3.05, 3.63) is 67.9 Å². The lowest BCUT2D eigenvalue weighted by molar-refractivity contribution is -0.385. The minimum Gasteiger partial charge on any atom is -0.294 e. The zero-order valence-corrected chi connectivity index (χ0v) is 12.3. The number of nitrogens with zero attached hydrogens (tertiary/aromatic N) is 2. The number of pyridine rings is 1. The summed E-state index contributed by atoms with van der Waals surface area (Å²) < 4.78 is 0.507. The van der Waals surface area contributed by atoms with Crippen LogP contribution in [0.2, 0.25) is 0 Å². The van der Waals surface area contributed by atoms with Gasteiger partial charge >= 0.3 is 0 Å². The van der Waals surface area contributed by atoms with Crippen LogP contribution in [0.1, 0.15) is 21.6 Å². The second-order valence-corrected chi connectivity index (χ2v) is 5.24. The number of aryl methyl sites for hydroxylation is 1. The summed E-state index contributed by atoms with van der Waals surface area (Å²) >= 11 is 3.18. The second kappa shape index (κ2) is 5.92. The highest BCUT2D eigenvalue weighted by Crippen LogP contribution is 2.22. The van der Waals surface area contributed by atoms with Crippen molar-refractivity contribution < 1.29 is 9.72 Å². The smallest absolute Gasteiger partial charge is 0.271 e. The molecule has 0 aliphatic heterocycles. The molecule has 0 N–H and O–H groups in total. The molecule has 0 fully saturated rings. The lowest BCUT2D eigenvalue weighted by atomic mass is 10.0. The van der Waals surface area contributed by atoms with E-state index in [0.717, 1.165) is 5.56 Å². The van der Waals surface area contributed by atoms with Crippen molar-refractivity contribution in [3.8, 4) is 0 Å². The highest BCUT2D eigenvalue weighted by Gasteiger charge is 2.15. The van der Waals surface area contributed by atoms with Gasteiger partial charge in [0.05, 0.1) is 17.0 Å². The van der Waals surface area contributed by atoms with E-state index >= 15 is 0 Å². The van der Waals surface area contributed by atoms with Crippen LogP contribution in [-0.2, 0) is 6.42 Å². The van der Waals surface area contributed by atoms with E-state index in [9.17, 15) is 14.9 Å². The first kappa shape index (κ1) is 14.3. The summed E-state index contributed by atoms with van der Waals surface area (Å²) in [6.45, 7) is 1.87. The lowest BCUT2D eigenvalue weighted by Crippen LogP contribution is -2.07. The standard InChI is InChI=1S/C14H11BrN2O3/c1-9-3-2-4-16-13(9)8-14(18)10-5-11(15)7-12(6-10)17(19)20/h2-7H,8H2,1H3. The Morgan fingerprint density at radius 2 is 2.15 bits per heavy atom. The van der Waals surface area contributed by atoms with Crippen molar-refractivity contribution in [2.75, 3.05) is 0 Å². The second-order valence-electron chi connectivity index (χ2n) is 4.32. The zero-order chi connectivity index (χ0) is 14.7. The molecular formula is C14H11BrN2O3. The van der Waals surface area contributed by atoms with E-state index in [0.29, 0.717) is 15.7 Å². The summed E-state index contributed by atoms with van der Waals surface area (Å²) in [5, 5.41) is 10.8. The van der Waals surface area contributed by atoms with Crippen LogP contribution in [0.5, 0.6) is 0 Å². The maximum Gasteiger partial charge on any atom is 0.271 e. The summed E-state index contributed by atoms with van der Waals surface area (Å²) in [4.78, 5) is 26.6. The fourth-order valence-electron chi connectivity index (χ4n) is 1.80. The fraction of sp³-hybridized carbons (Fsp3) is 0.143. The maximum atomic E-state index is 12.2. The number of benzene rings is 1. The molecule has 5 nitrogen and oxygen atoms in total. The number of Topliss-reactive ketones (excluding diaryl/α,β-unsaturated/α-hetero) is 1. The Labute approximate surface area is 123 Å². The van der Waals surface area contributed by atoms with Crippen molar-refractivity contribution in [3.63, 3.8) is 0 Å². The molecule has 102 valence electrons. The van der Waals surface area contributed by atoms with Crippen molar-refractivity contribution in [1.29, 1.82) is 0 Å². The molecule has 0 spiro atoms. The molecule has 0 amide bonds. The average Bonchev–Trinajstić information content (AvgIpc) is 2.40. The first-order valence-electron chi connectivity index (χ1n) is 5.86. The molecule has 20 heavy (non-hydrogen) atoms. The van der Waals surface area contributed by atoms with E-state index in [2.05, 4.69) is 20.9 Å². The van der Waals surface area contributed by atoms with Crippen LogP contribution < -0.4 is 0 Å². The molecule has 0 aliphatic carbocycles. The highest BCUT2D eigenvalue weighted by atomic mass is 79.9. The van der Waals surface area contributed by atoms with Gasteiger partial charge < -0.3 is 0 Å². The number of ketones is 1. The van der Waals surface area contributed by atoms with Crippen LogP contribution in [0.3, 0.4) is 0 Å². The van der Waals surface area contributed by atoms with Gasteiger partial charge in [-0.1, -0.05) is 22.0 Å². The van der Waals surface area contributed by atoms with Gasteiger partial charge in [0, 0.05) is 28.4 Å². The van der Waals surface area contributed by atoms with Gasteiger partial charge in [-0.15, -0.1) is 0 Å². The minimum atomic E-state index is -0.520. The van der Waals surface area contributed by atoms with Crippen LogP contribution in [0.15, 0.2) is 41.0 Å². The Bertz CT molecular complexity index is 686. The molecular weight excluding hydrogens is 324 g/mol. The third kappa shape index (κ3) is 3.27. The summed E-state index contributed by atoms with van der Waals surface area (Å²) in [6.07, 6.45) is 1.75. The largest absolute Gasteiger partial charge is 0.294 e. The quantitative estimate of drug-likeness (QED) is 0.487. The van der Waals surface area contributed by atoms with Gasteiger partial charge in [0.15, 0.2) is 5.78 Å². The summed E-state index contributed by atoms with van der Waals surface area (Å²) in [5.41, 5.74) is 1.79. The maximum absolute atomic E-state index is 12.2. The molecule has 1 aromatic heterocycles. The summed E-state index contributed by atoms with van der Waals surface area (Å²) in [5.74, 6) is -0.198. The number of hydrogen-bond acceptors (Lipinski definition) is 4. The number of non-ortho nitro benzene ring substituents is 1. The zero-order valence-electron chi connectivity index (χ0n) is 10.7. The molecule has 0 saturated heterocycles. The molecule has 0 atom stereocenters. The molecule has 0 bridgehead atoms. The van der Waals surface area contributed by atoms with Gasteiger partial charge in [0.1, 0.15) is 0 Å². The normalized spacial score (nSPS) is 10.3. The van der Waals surface area contributed by atoms with Gasteiger partial charge in [0.25, 0.3) is 5.69 Å². The number of carbonyl (C=O) groups is 1. The number of carbonyl (C=O) groups excluding carboxylic acids is 1. The lowest BCUT2D eigenvalue weighted by Gasteiger charge is -2.04. The minimum absolute atomic E-state index is 0.111. The monoisotopic (exact) mass is 334 g/mol. The number of halogens is 1. The third-order valence-corrected chi connectivity index (χ3v) is 3.32. The number of aromatic nitrogens is 1. The molecule has 6 heteroatoms. The van der Waals surface area contributed by atoms with Crippen LogP contribution in [-0.4, -0.2) is 15.7 Å². The predicted molar refractivity (Wildman–Crippen MR) is 77.8 cm³/mol. The van der Waals surface area contributed by atoms with Crippen LogP contribution in [0.4, 0.5) is 5.69 Å². The Kier molecular flexibility index (Phi) is 4.24. The highest BCUT2D eigenvalue weighted by molar-refractivity contribution is 9.10. The van der Waals surface area contributed by atoms with E-state index < -0.39 is 4.92 Å². The van der Waals surface area contributed by atoms with Crippen molar-refractivity contribution >= 4 is 27.4 Å². The van der Waals surface area contributed by atoms with Gasteiger partial charge in [-0.05, 0) is 24.6 Å². The van der Waals surface area contributed by atoms with E-state index in [1.807, 2.05) is 13.0 Å². The molecule has 2 aromatic rings. The third-order valence-electron chi connectivity index (χ3n) is 2.86. The Balaban J connectivity index is 2.30. The average molecular weight is 335 g/mol. The molecule has 2 rings (SSSR count). The number of nitro benzene ring substituents is 1. The van der Waals surface area contributed by atoms with Crippen LogP contribution in [0, 0.1) is 17.0 Å². The Morgan fingerprint density at radius 1 is 1.40 bits per heavy atom. The summed E-state index contributed by atoms with van der Waals surface area (Å²) in [6, 6.07) is 7.90. The molecule has 0 aliphatic rings. The molecule has 1 heterocycles. The van der Waals surface area contributed by atoms with Crippen molar-refractivity contribution in [2.45, 2.75) is 13.3 Å². The fourth-order valence-corrected chi connectivity index (χ4v) is 2.28. The van der Waals surface area contributed by atoms with Crippen molar-refractivity contribution in [2.24, 2.45) is 0 Å². The molecule has 0 radical (unpaired) electrons. The van der Waals surface area contributed by atoms with E-state index in [-0.39, 0.29) is 17.9 Å². The van der Waals surface area contributed by atoms with E-state index in [1.165, 1.54) is 12.1 Å². The Morgan fingerprint density at radius 3 is 2.80 bits per heavy atom. The SMILES string of the molecule is Cc1cccnc1CC(=O)c1cc(Br)cc([N+](=O)[O-])c1.